The highest BCUT2D eigenvalue weighted by atomic mass is 32.2. The van der Waals surface area contributed by atoms with Gasteiger partial charge in [0, 0.05) is 12.1 Å². The topological polar surface area (TPSA) is 86.5 Å². The molecule has 1 N–H and O–H groups in total. The fourth-order valence-corrected chi connectivity index (χ4v) is 3.26. The standard InChI is InChI=1S/C19H16FN3O4S/c1-11(17(24)21-9-12-2-7-15-16(8-12)26-10-25-15)28-19-23-22-18(27-19)13-3-5-14(20)6-4-13/h2-8,11H,9-10H2,1H3,(H,21,24)/t11-/m1/s1. The average Bonchev–Trinajstić information content (AvgIpc) is 3.35. The third-order valence-corrected chi connectivity index (χ3v) is 4.98. The number of nitrogens with zero attached hydrogens (tertiary/aromatic N) is 2. The molecular weight excluding hydrogens is 385 g/mol. The van der Waals surface area contributed by atoms with E-state index in [9.17, 15) is 9.18 Å². The van der Waals surface area contributed by atoms with E-state index >= 15 is 0 Å². The maximum Gasteiger partial charge on any atom is 0.277 e. The number of hydrogen-bond donors (Lipinski definition) is 1. The molecule has 1 amide bonds. The van der Waals surface area contributed by atoms with Crippen LogP contribution in [0.1, 0.15) is 12.5 Å². The second-order valence-electron chi connectivity index (χ2n) is 6.05. The first kappa shape index (κ1) is 18.3. The minimum atomic E-state index is -0.435. The van der Waals surface area contributed by atoms with Crippen LogP contribution >= 0.6 is 11.8 Å². The molecule has 0 spiro atoms. The van der Waals surface area contributed by atoms with Crippen molar-refractivity contribution < 1.29 is 23.1 Å². The summed E-state index contributed by atoms with van der Waals surface area (Å²) < 4.78 is 29.2. The van der Waals surface area contributed by atoms with Crippen molar-refractivity contribution >= 4 is 17.7 Å². The summed E-state index contributed by atoms with van der Waals surface area (Å²) in [4.78, 5) is 12.3. The number of benzene rings is 2. The van der Waals surface area contributed by atoms with Crippen LogP contribution in [0.25, 0.3) is 11.5 Å². The molecule has 2 aromatic carbocycles. The molecule has 1 aromatic heterocycles. The monoisotopic (exact) mass is 401 g/mol. The van der Waals surface area contributed by atoms with Gasteiger partial charge in [0.25, 0.3) is 5.22 Å². The molecule has 1 aliphatic heterocycles. The first-order chi connectivity index (χ1) is 13.6. The Morgan fingerprint density at radius 2 is 1.96 bits per heavy atom. The van der Waals surface area contributed by atoms with Gasteiger partial charge in [0.1, 0.15) is 5.82 Å². The van der Waals surface area contributed by atoms with Crippen LogP contribution in [-0.2, 0) is 11.3 Å². The quantitative estimate of drug-likeness (QED) is 0.634. The van der Waals surface area contributed by atoms with Crippen LogP contribution in [0.3, 0.4) is 0 Å². The van der Waals surface area contributed by atoms with E-state index in [0.717, 1.165) is 17.3 Å². The Kier molecular flexibility index (Phi) is 5.16. The molecule has 0 saturated heterocycles. The number of carbonyl (C=O) groups is 1. The van der Waals surface area contributed by atoms with Gasteiger partial charge in [-0.3, -0.25) is 4.79 Å². The number of fused-ring (bicyclic) bond motifs is 1. The molecule has 0 saturated carbocycles. The van der Waals surface area contributed by atoms with Gasteiger partial charge >= 0.3 is 0 Å². The smallest absolute Gasteiger partial charge is 0.277 e. The zero-order valence-electron chi connectivity index (χ0n) is 14.8. The van der Waals surface area contributed by atoms with E-state index < -0.39 is 5.25 Å². The maximum atomic E-state index is 13.0. The fourth-order valence-electron chi connectivity index (χ4n) is 2.56. The molecule has 28 heavy (non-hydrogen) atoms. The van der Waals surface area contributed by atoms with Crippen LogP contribution in [-0.4, -0.2) is 28.1 Å². The molecule has 9 heteroatoms. The van der Waals surface area contributed by atoms with E-state index in [1.54, 1.807) is 19.1 Å². The normalized spacial score (nSPS) is 13.4. The van der Waals surface area contributed by atoms with E-state index in [4.69, 9.17) is 13.9 Å². The highest BCUT2D eigenvalue weighted by molar-refractivity contribution is 8.00. The van der Waals surface area contributed by atoms with Crippen molar-refractivity contribution in [2.75, 3.05) is 6.79 Å². The Labute approximate surface area is 164 Å². The molecular formula is C19H16FN3O4S. The molecule has 0 radical (unpaired) electrons. The predicted molar refractivity (Wildman–Crippen MR) is 99.4 cm³/mol. The zero-order chi connectivity index (χ0) is 19.5. The van der Waals surface area contributed by atoms with Gasteiger partial charge in [-0.05, 0) is 48.9 Å². The van der Waals surface area contributed by atoms with Crippen molar-refractivity contribution in [2.45, 2.75) is 23.9 Å². The van der Waals surface area contributed by atoms with Crippen LogP contribution in [0.2, 0.25) is 0 Å². The van der Waals surface area contributed by atoms with Crippen molar-refractivity contribution in [2.24, 2.45) is 0 Å². The summed E-state index contributed by atoms with van der Waals surface area (Å²) in [6.07, 6.45) is 0. The Morgan fingerprint density at radius 1 is 1.18 bits per heavy atom. The first-order valence-corrected chi connectivity index (χ1v) is 9.39. The largest absolute Gasteiger partial charge is 0.454 e. The second-order valence-corrected chi connectivity index (χ2v) is 7.34. The Morgan fingerprint density at radius 3 is 2.79 bits per heavy atom. The van der Waals surface area contributed by atoms with E-state index in [2.05, 4.69) is 15.5 Å². The molecule has 144 valence electrons. The number of halogens is 1. The average molecular weight is 401 g/mol. The van der Waals surface area contributed by atoms with E-state index in [-0.39, 0.29) is 29.6 Å². The van der Waals surface area contributed by atoms with Gasteiger partial charge < -0.3 is 19.2 Å². The Hall–Kier alpha value is -3.07. The van der Waals surface area contributed by atoms with Crippen LogP contribution in [0.4, 0.5) is 4.39 Å². The van der Waals surface area contributed by atoms with Gasteiger partial charge in [0.05, 0.1) is 5.25 Å². The summed E-state index contributed by atoms with van der Waals surface area (Å²) in [6.45, 7) is 2.33. The molecule has 1 atom stereocenters. The third kappa shape index (κ3) is 4.09. The summed E-state index contributed by atoms with van der Waals surface area (Å²) >= 11 is 1.15. The van der Waals surface area contributed by atoms with Gasteiger partial charge in [-0.15, -0.1) is 10.2 Å². The molecule has 0 aliphatic carbocycles. The lowest BCUT2D eigenvalue weighted by Gasteiger charge is -2.10. The molecule has 4 rings (SSSR count). The molecule has 0 unspecified atom stereocenters. The minimum absolute atomic E-state index is 0.163. The molecule has 0 bridgehead atoms. The summed E-state index contributed by atoms with van der Waals surface area (Å²) in [7, 11) is 0. The van der Waals surface area contributed by atoms with Crippen LogP contribution in [0.15, 0.2) is 52.1 Å². The van der Waals surface area contributed by atoms with E-state index in [0.29, 0.717) is 23.6 Å². The zero-order valence-corrected chi connectivity index (χ0v) is 15.7. The van der Waals surface area contributed by atoms with Crippen molar-refractivity contribution in [1.29, 1.82) is 0 Å². The van der Waals surface area contributed by atoms with E-state index in [1.807, 2.05) is 18.2 Å². The summed E-state index contributed by atoms with van der Waals surface area (Å²) in [5.74, 6) is 1.14. The fraction of sp³-hybridized carbons (Fsp3) is 0.211. The van der Waals surface area contributed by atoms with Crippen LogP contribution < -0.4 is 14.8 Å². The van der Waals surface area contributed by atoms with Gasteiger partial charge in [-0.2, -0.15) is 0 Å². The minimum Gasteiger partial charge on any atom is -0.454 e. The molecule has 1 aliphatic rings. The van der Waals surface area contributed by atoms with Crippen molar-refractivity contribution in [3.05, 3.63) is 53.8 Å². The highest BCUT2D eigenvalue weighted by Crippen LogP contribution is 2.32. The number of carbonyl (C=O) groups excluding carboxylic acids is 1. The molecule has 7 nitrogen and oxygen atoms in total. The Balaban J connectivity index is 1.32. The number of hydrogen-bond acceptors (Lipinski definition) is 7. The summed E-state index contributed by atoms with van der Waals surface area (Å²) in [6, 6.07) is 11.3. The van der Waals surface area contributed by atoms with Crippen molar-refractivity contribution in [3.8, 4) is 23.0 Å². The summed E-state index contributed by atoms with van der Waals surface area (Å²) in [5.41, 5.74) is 1.52. The summed E-state index contributed by atoms with van der Waals surface area (Å²) in [5, 5.41) is 10.6. The number of amides is 1. The first-order valence-electron chi connectivity index (χ1n) is 8.51. The van der Waals surface area contributed by atoms with E-state index in [1.165, 1.54) is 12.1 Å². The number of ether oxygens (including phenoxy) is 2. The van der Waals surface area contributed by atoms with Gasteiger partial charge in [-0.1, -0.05) is 17.8 Å². The number of aromatic nitrogens is 2. The predicted octanol–water partition coefficient (Wildman–Crippen LogP) is 3.40. The highest BCUT2D eigenvalue weighted by Gasteiger charge is 2.19. The van der Waals surface area contributed by atoms with Crippen LogP contribution in [0.5, 0.6) is 11.5 Å². The molecule has 0 fully saturated rings. The SMILES string of the molecule is C[C@@H](Sc1nnc(-c2ccc(F)cc2)o1)C(=O)NCc1ccc2c(c1)OCO2. The second kappa shape index (κ2) is 7.89. The van der Waals surface area contributed by atoms with Crippen molar-refractivity contribution in [3.63, 3.8) is 0 Å². The van der Waals surface area contributed by atoms with Gasteiger partial charge in [-0.25, -0.2) is 4.39 Å². The van der Waals surface area contributed by atoms with Gasteiger partial charge in [0.15, 0.2) is 11.5 Å². The lowest BCUT2D eigenvalue weighted by atomic mass is 10.2. The van der Waals surface area contributed by atoms with Gasteiger partial charge in [0.2, 0.25) is 18.6 Å². The number of rotatable bonds is 6. The lowest BCUT2D eigenvalue weighted by Crippen LogP contribution is -2.30. The third-order valence-electron chi connectivity index (χ3n) is 4.05. The number of nitrogens with one attached hydrogen (secondary N) is 1. The Bertz CT molecular complexity index is 993. The van der Waals surface area contributed by atoms with Crippen molar-refractivity contribution in [1.82, 2.24) is 15.5 Å². The maximum absolute atomic E-state index is 13.0. The molecule has 2 heterocycles. The van der Waals surface area contributed by atoms with Crippen LogP contribution in [0, 0.1) is 5.82 Å². The lowest BCUT2D eigenvalue weighted by molar-refractivity contribution is -0.120. The molecule has 3 aromatic rings. The number of thioether (sulfide) groups is 1.